The van der Waals surface area contributed by atoms with Crippen molar-refractivity contribution in [3.05, 3.63) is 72.0 Å². The molecule has 0 aromatic carbocycles. The molecule has 29 heavy (non-hydrogen) atoms. The van der Waals surface area contributed by atoms with Gasteiger partial charge in [0.05, 0.1) is 25.5 Å². The summed E-state index contributed by atoms with van der Waals surface area (Å²) in [5.41, 5.74) is 1.41. The SMILES string of the molecule is COC(=O)c1cncc(CC2CCN(C(=O)c3ccc(Cn4ccnc4)o3)C2)c1. The molecule has 8 heteroatoms. The Balaban J connectivity index is 1.35. The Morgan fingerprint density at radius 1 is 1.28 bits per heavy atom. The second-order valence-corrected chi connectivity index (χ2v) is 7.18. The lowest BCUT2D eigenvalue weighted by Gasteiger charge is -2.15. The molecule has 4 heterocycles. The molecule has 0 aliphatic carbocycles. The number of pyridine rings is 1. The number of hydrogen-bond acceptors (Lipinski definition) is 6. The van der Waals surface area contributed by atoms with Crippen LogP contribution in [0.5, 0.6) is 0 Å². The summed E-state index contributed by atoms with van der Waals surface area (Å²) < 4.78 is 12.4. The summed E-state index contributed by atoms with van der Waals surface area (Å²) in [4.78, 5) is 34.4. The molecule has 1 atom stereocenters. The zero-order chi connectivity index (χ0) is 20.2. The third-order valence-corrected chi connectivity index (χ3v) is 5.08. The predicted octanol–water partition coefficient (Wildman–Crippen LogP) is 2.41. The molecule has 8 nitrogen and oxygen atoms in total. The van der Waals surface area contributed by atoms with Crippen molar-refractivity contribution in [1.82, 2.24) is 19.4 Å². The van der Waals surface area contributed by atoms with Crippen LogP contribution in [-0.4, -0.2) is 51.5 Å². The molecule has 0 spiro atoms. The van der Waals surface area contributed by atoms with Gasteiger partial charge in [0, 0.05) is 37.9 Å². The van der Waals surface area contributed by atoms with Gasteiger partial charge in [-0.2, -0.15) is 0 Å². The van der Waals surface area contributed by atoms with Gasteiger partial charge in [-0.3, -0.25) is 9.78 Å². The van der Waals surface area contributed by atoms with E-state index in [-0.39, 0.29) is 5.91 Å². The number of imidazole rings is 1. The fourth-order valence-corrected chi connectivity index (χ4v) is 3.64. The Morgan fingerprint density at radius 2 is 2.17 bits per heavy atom. The van der Waals surface area contributed by atoms with E-state index < -0.39 is 5.97 Å². The highest BCUT2D eigenvalue weighted by molar-refractivity contribution is 5.91. The van der Waals surface area contributed by atoms with Gasteiger partial charge < -0.3 is 18.6 Å². The number of carbonyl (C=O) groups is 2. The number of ether oxygens (including phenoxy) is 1. The highest BCUT2D eigenvalue weighted by Gasteiger charge is 2.29. The highest BCUT2D eigenvalue weighted by Crippen LogP contribution is 2.23. The standard InChI is InChI=1S/C21H22N4O4/c1-28-21(27)17-9-16(10-23-11-17)8-15-4-6-25(12-15)20(26)19-3-2-18(29-19)13-24-7-5-22-14-24/h2-3,5,7,9-11,14-15H,4,6,8,12-13H2,1H3. The summed E-state index contributed by atoms with van der Waals surface area (Å²) >= 11 is 0. The number of carbonyl (C=O) groups excluding carboxylic acids is 2. The molecule has 3 aromatic rings. The van der Waals surface area contributed by atoms with Crippen LogP contribution in [0.1, 0.15) is 38.7 Å². The number of amides is 1. The molecule has 3 aromatic heterocycles. The van der Waals surface area contributed by atoms with Crippen molar-refractivity contribution in [3.8, 4) is 0 Å². The van der Waals surface area contributed by atoms with Crippen molar-refractivity contribution in [2.75, 3.05) is 20.2 Å². The lowest BCUT2D eigenvalue weighted by molar-refractivity contribution is 0.0600. The second-order valence-electron chi connectivity index (χ2n) is 7.18. The van der Waals surface area contributed by atoms with Crippen molar-refractivity contribution in [3.63, 3.8) is 0 Å². The number of aromatic nitrogens is 3. The minimum atomic E-state index is -0.396. The number of rotatable bonds is 6. The molecule has 4 rings (SSSR count). The second kappa shape index (κ2) is 8.30. The molecule has 1 unspecified atom stereocenters. The van der Waals surface area contributed by atoms with E-state index in [0.717, 1.165) is 18.4 Å². The van der Waals surface area contributed by atoms with Crippen molar-refractivity contribution in [2.24, 2.45) is 5.92 Å². The van der Waals surface area contributed by atoms with E-state index >= 15 is 0 Å². The maximum absolute atomic E-state index is 12.8. The third-order valence-electron chi connectivity index (χ3n) is 5.08. The van der Waals surface area contributed by atoms with Crippen LogP contribution in [0.3, 0.4) is 0 Å². The maximum atomic E-state index is 12.8. The Bertz CT molecular complexity index is 996. The van der Waals surface area contributed by atoms with E-state index in [4.69, 9.17) is 9.15 Å². The molecule has 0 N–H and O–H groups in total. The number of furan rings is 1. The van der Waals surface area contributed by atoms with E-state index in [2.05, 4.69) is 9.97 Å². The Morgan fingerprint density at radius 3 is 2.97 bits per heavy atom. The van der Waals surface area contributed by atoms with E-state index in [0.29, 0.717) is 42.6 Å². The van der Waals surface area contributed by atoms with Gasteiger partial charge >= 0.3 is 5.97 Å². The van der Waals surface area contributed by atoms with Gasteiger partial charge in [0.1, 0.15) is 5.76 Å². The predicted molar refractivity (Wildman–Crippen MR) is 103 cm³/mol. The zero-order valence-corrected chi connectivity index (χ0v) is 16.2. The lowest BCUT2D eigenvalue weighted by atomic mass is 9.99. The molecule has 0 radical (unpaired) electrons. The molecule has 0 bridgehead atoms. The van der Waals surface area contributed by atoms with Crippen LogP contribution in [0, 0.1) is 5.92 Å². The molecule has 1 saturated heterocycles. The van der Waals surface area contributed by atoms with E-state index in [1.54, 1.807) is 30.9 Å². The lowest BCUT2D eigenvalue weighted by Crippen LogP contribution is -2.28. The topological polar surface area (TPSA) is 90.5 Å². The van der Waals surface area contributed by atoms with Gasteiger partial charge in [0.15, 0.2) is 5.76 Å². The first kappa shape index (κ1) is 18.9. The summed E-state index contributed by atoms with van der Waals surface area (Å²) in [7, 11) is 1.35. The Labute approximate surface area is 168 Å². The molecule has 1 fully saturated rings. The molecule has 1 amide bonds. The summed E-state index contributed by atoms with van der Waals surface area (Å²) in [6.45, 7) is 1.88. The molecule has 1 aliphatic rings. The van der Waals surface area contributed by atoms with Crippen molar-refractivity contribution < 1.29 is 18.7 Å². The quantitative estimate of drug-likeness (QED) is 0.597. The minimum Gasteiger partial charge on any atom is -0.465 e. The van der Waals surface area contributed by atoms with Gasteiger partial charge in [0.2, 0.25) is 0 Å². The number of esters is 1. The van der Waals surface area contributed by atoms with Crippen LogP contribution in [0.2, 0.25) is 0 Å². The number of methoxy groups -OCH3 is 1. The number of nitrogens with zero attached hydrogens (tertiary/aromatic N) is 4. The summed E-state index contributed by atoms with van der Waals surface area (Å²) in [5.74, 6) is 0.898. The van der Waals surface area contributed by atoms with Gasteiger partial charge in [-0.1, -0.05) is 0 Å². The minimum absolute atomic E-state index is 0.0918. The fourth-order valence-electron chi connectivity index (χ4n) is 3.64. The van der Waals surface area contributed by atoms with Crippen LogP contribution >= 0.6 is 0 Å². The van der Waals surface area contributed by atoms with Crippen LogP contribution in [-0.2, 0) is 17.7 Å². The van der Waals surface area contributed by atoms with Crippen molar-refractivity contribution in [2.45, 2.75) is 19.4 Å². The van der Waals surface area contributed by atoms with Gasteiger partial charge in [-0.15, -0.1) is 0 Å². The fraction of sp³-hybridized carbons (Fsp3) is 0.333. The smallest absolute Gasteiger partial charge is 0.339 e. The molecule has 1 aliphatic heterocycles. The number of hydrogen-bond donors (Lipinski definition) is 0. The zero-order valence-electron chi connectivity index (χ0n) is 16.2. The molecular formula is C21H22N4O4. The Kier molecular flexibility index (Phi) is 5.41. The van der Waals surface area contributed by atoms with Crippen LogP contribution in [0.15, 0.2) is 53.7 Å². The van der Waals surface area contributed by atoms with Gasteiger partial charge in [0.25, 0.3) is 5.91 Å². The largest absolute Gasteiger partial charge is 0.465 e. The first-order valence-corrected chi connectivity index (χ1v) is 9.48. The average Bonchev–Trinajstić information content (AvgIpc) is 3.50. The van der Waals surface area contributed by atoms with Crippen LogP contribution in [0.25, 0.3) is 0 Å². The maximum Gasteiger partial charge on any atom is 0.339 e. The molecule has 150 valence electrons. The number of likely N-dealkylation sites (tertiary alicyclic amines) is 1. The van der Waals surface area contributed by atoms with Crippen molar-refractivity contribution in [1.29, 1.82) is 0 Å². The monoisotopic (exact) mass is 394 g/mol. The highest BCUT2D eigenvalue weighted by atomic mass is 16.5. The normalized spacial score (nSPS) is 16.2. The first-order chi connectivity index (χ1) is 14.1. The van der Waals surface area contributed by atoms with Gasteiger partial charge in [-0.05, 0) is 42.5 Å². The Hall–Kier alpha value is -3.42. The van der Waals surface area contributed by atoms with Crippen molar-refractivity contribution >= 4 is 11.9 Å². The summed E-state index contributed by atoms with van der Waals surface area (Å²) in [6.07, 6.45) is 10.2. The van der Waals surface area contributed by atoms with E-state index in [9.17, 15) is 9.59 Å². The average molecular weight is 394 g/mol. The third kappa shape index (κ3) is 4.37. The molecule has 0 saturated carbocycles. The first-order valence-electron chi connectivity index (χ1n) is 9.48. The van der Waals surface area contributed by atoms with Gasteiger partial charge in [-0.25, -0.2) is 9.78 Å². The summed E-state index contributed by atoms with van der Waals surface area (Å²) in [5, 5.41) is 0. The summed E-state index contributed by atoms with van der Waals surface area (Å²) in [6, 6.07) is 5.36. The van der Waals surface area contributed by atoms with Crippen LogP contribution in [0.4, 0.5) is 0 Å². The van der Waals surface area contributed by atoms with Crippen LogP contribution < -0.4 is 0 Å². The van der Waals surface area contributed by atoms with E-state index in [1.165, 1.54) is 13.3 Å². The molecular weight excluding hydrogens is 372 g/mol. The van der Waals surface area contributed by atoms with E-state index in [1.807, 2.05) is 21.7 Å².